The van der Waals surface area contributed by atoms with Gasteiger partial charge in [0.15, 0.2) is 0 Å². The van der Waals surface area contributed by atoms with Gasteiger partial charge >= 0.3 is 0 Å². The molecule has 6 heteroatoms. The molecule has 0 saturated heterocycles. The molecule has 0 spiro atoms. The van der Waals surface area contributed by atoms with E-state index in [9.17, 15) is 4.79 Å². The highest BCUT2D eigenvalue weighted by atomic mass is 16.1. The third kappa shape index (κ3) is 4.10. The predicted octanol–water partition coefficient (Wildman–Crippen LogP) is 2.26. The molecule has 3 aromatic rings. The molecule has 2 aromatic heterocycles. The minimum Gasteiger partial charge on any atom is -0.352 e. The SMILES string of the molecule is Cc1nccn1Cc1ccc(C(=O)NCCCn2ccnc2)cc1. The summed E-state index contributed by atoms with van der Waals surface area (Å²) < 4.78 is 4.07. The number of benzene rings is 1. The van der Waals surface area contributed by atoms with Gasteiger partial charge in [-0.25, -0.2) is 9.97 Å². The van der Waals surface area contributed by atoms with E-state index < -0.39 is 0 Å². The summed E-state index contributed by atoms with van der Waals surface area (Å²) in [6.45, 7) is 4.24. The molecule has 1 aromatic carbocycles. The fourth-order valence-corrected chi connectivity index (χ4v) is 2.51. The van der Waals surface area contributed by atoms with Gasteiger partial charge in [-0.05, 0) is 31.0 Å². The van der Waals surface area contributed by atoms with Crippen molar-refractivity contribution in [3.05, 3.63) is 72.3 Å². The lowest BCUT2D eigenvalue weighted by Gasteiger charge is -2.08. The number of amides is 1. The van der Waals surface area contributed by atoms with Crippen LogP contribution in [0.3, 0.4) is 0 Å². The van der Waals surface area contributed by atoms with Crippen LogP contribution in [0.5, 0.6) is 0 Å². The fraction of sp³-hybridized carbons (Fsp3) is 0.278. The summed E-state index contributed by atoms with van der Waals surface area (Å²) in [6.07, 6.45) is 10.1. The Morgan fingerprint density at radius 3 is 2.67 bits per heavy atom. The predicted molar refractivity (Wildman–Crippen MR) is 91.7 cm³/mol. The fourth-order valence-electron chi connectivity index (χ4n) is 2.51. The van der Waals surface area contributed by atoms with Crippen molar-refractivity contribution in [2.45, 2.75) is 26.4 Å². The molecule has 3 rings (SSSR count). The number of hydrogen-bond acceptors (Lipinski definition) is 3. The van der Waals surface area contributed by atoms with Gasteiger partial charge in [0.25, 0.3) is 5.91 Å². The average Bonchev–Trinajstić information content (AvgIpc) is 3.25. The first-order chi connectivity index (χ1) is 11.7. The molecule has 0 radical (unpaired) electrons. The molecule has 1 amide bonds. The number of aryl methyl sites for hydroxylation is 2. The Balaban J connectivity index is 1.47. The van der Waals surface area contributed by atoms with E-state index >= 15 is 0 Å². The Morgan fingerprint density at radius 2 is 2.00 bits per heavy atom. The number of hydrogen-bond donors (Lipinski definition) is 1. The maximum Gasteiger partial charge on any atom is 0.251 e. The lowest BCUT2D eigenvalue weighted by atomic mass is 10.1. The van der Waals surface area contributed by atoms with Crippen molar-refractivity contribution in [3.8, 4) is 0 Å². The highest BCUT2D eigenvalue weighted by molar-refractivity contribution is 5.94. The standard InChI is InChI=1S/C18H21N5O/c1-15-20-9-12-23(15)13-16-3-5-17(6-4-16)18(24)21-7-2-10-22-11-8-19-14-22/h3-6,8-9,11-12,14H,2,7,10,13H2,1H3,(H,21,24). The Morgan fingerprint density at radius 1 is 1.17 bits per heavy atom. The Hall–Kier alpha value is -2.89. The van der Waals surface area contributed by atoms with Crippen molar-refractivity contribution in [1.82, 2.24) is 24.4 Å². The second-order valence-electron chi connectivity index (χ2n) is 5.71. The normalized spacial score (nSPS) is 10.7. The van der Waals surface area contributed by atoms with Gasteiger partial charge in [0.2, 0.25) is 0 Å². The zero-order chi connectivity index (χ0) is 16.8. The quantitative estimate of drug-likeness (QED) is 0.678. The number of aromatic nitrogens is 4. The molecule has 24 heavy (non-hydrogen) atoms. The van der Waals surface area contributed by atoms with Crippen molar-refractivity contribution >= 4 is 5.91 Å². The summed E-state index contributed by atoms with van der Waals surface area (Å²) >= 11 is 0. The van der Waals surface area contributed by atoms with Crippen LogP contribution in [0, 0.1) is 6.92 Å². The molecule has 0 fully saturated rings. The summed E-state index contributed by atoms with van der Waals surface area (Å²) in [6, 6.07) is 7.71. The third-order valence-corrected chi connectivity index (χ3v) is 3.93. The number of nitrogens with one attached hydrogen (secondary N) is 1. The highest BCUT2D eigenvalue weighted by Gasteiger charge is 2.05. The van der Waals surface area contributed by atoms with Crippen LogP contribution in [0.4, 0.5) is 0 Å². The average molecular weight is 323 g/mol. The molecule has 0 aliphatic rings. The molecular formula is C18H21N5O. The van der Waals surface area contributed by atoms with Gasteiger partial charge in [-0.3, -0.25) is 4.79 Å². The van der Waals surface area contributed by atoms with Crippen LogP contribution in [-0.4, -0.2) is 31.6 Å². The van der Waals surface area contributed by atoms with Crippen molar-refractivity contribution in [2.75, 3.05) is 6.54 Å². The van der Waals surface area contributed by atoms with E-state index in [1.54, 1.807) is 18.7 Å². The summed E-state index contributed by atoms with van der Waals surface area (Å²) in [7, 11) is 0. The van der Waals surface area contributed by atoms with E-state index in [1.807, 2.05) is 48.1 Å². The summed E-state index contributed by atoms with van der Waals surface area (Å²) in [5.74, 6) is 0.945. The second kappa shape index (κ2) is 7.59. The molecule has 124 valence electrons. The summed E-state index contributed by atoms with van der Waals surface area (Å²) in [4.78, 5) is 20.3. The molecule has 6 nitrogen and oxygen atoms in total. The topological polar surface area (TPSA) is 64.7 Å². The first-order valence-corrected chi connectivity index (χ1v) is 8.03. The van der Waals surface area contributed by atoms with Crippen LogP contribution in [0.15, 0.2) is 55.4 Å². The monoisotopic (exact) mass is 323 g/mol. The molecule has 0 aliphatic carbocycles. The molecule has 0 aliphatic heterocycles. The molecular weight excluding hydrogens is 302 g/mol. The van der Waals surface area contributed by atoms with Crippen LogP contribution < -0.4 is 5.32 Å². The highest BCUT2D eigenvalue weighted by Crippen LogP contribution is 2.08. The minimum atomic E-state index is -0.0361. The second-order valence-corrected chi connectivity index (χ2v) is 5.71. The first kappa shape index (κ1) is 16.0. The molecule has 0 atom stereocenters. The molecule has 0 bridgehead atoms. The van der Waals surface area contributed by atoms with Gasteiger partial charge in [-0.1, -0.05) is 12.1 Å². The van der Waals surface area contributed by atoms with E-state index in [0.29, 0.717) is 12.1 Å². The molecule has 1 N–H and O–H groups in total. The van der Waals surface area contributed by atoms with E-state index in [0.717, 1.165) is 30.9 Å². The van der Waals surface area contributed by atoms with Gasteiger partial charge in [-0.2, -0.15) is 0 Å². The van der Waals surface area contributed by atoms with E-state index in [-0.39, 0.29) is 5.91 Å². The summed E-state index contributed by atoms with van der Waals surface area (Å²) in [5.41, 5.74) is 1.83. The Kier molecular flexibility index (Phi) is 5.05. The number of carbonyl (C=O) groups is 1. The number of carbonyl (C=O) groups excluding carboxylic acids is 1. The molecule has 0 unspecified atom stereocenters. The third-order valence-electron chi connectivity index (χ3n) is 3.93. The van der Waals surface area contributed by atoms with Crippen LogP contribution in [-0.2, 0) is 13.1 Å². The minimum absolute atomic E-state index is 0.0361. The maximum atomic E-state index is 12.1. The zero-order valence-electron chi connectivity index (χ0n) is 13.7. The van der Waals surface area contributed by atoms with Gasteiger partial charge in [0.1, 0.15) is 5.82 Å². The lowest BCUT2D eigenvalue weighted by molar-refractivity contribution is 0.0952. The van der Waals surface area contributed by atoms with Gasteiger partial charge in [-0.15, -0.1) is 0 Å². The van der Waals surface area contributed by atoms with E-state index in [4.69, 9.17) is 0 Å². The Bertz CT molecular complexity index is 774. The number of imidazole rings is 2. The van der Waals surface area contributed by atoms with Crippen molar-refractivity contribution in [2.24, 2.45) is 0 Å². The van der Waals surface area contributed by atoms with Crippen LogP contribution >= 0.6 is 0 Å². The van der Waals surface area contributed by atoms with E-state index in [2.05, 4.69) is 19.9 Å². The lowest BCUT2D eigenvalue weighted by Crippen LogP contribution is -2.25. The Labute approximate surface area is 141 Å². The number of nitrogens with zero attached hydrogens (tertiary/aromatic N) is 4. The van der Waals surface area contributed by atoms with Crippen LogP contribution in [0.2, 0.25) is 0 Å². The first-order valence-electron chi connectivity index (χ1n) is 8.03. The van der Waals surface area contributed by atoms with Crippen molar-refractivity contribution < 1.29 is 4.79 Å². The van der Waals surface area contributed by atoms with Crippen LogP contribution in [0.25, 0.3) is 0 Å². The van der Waals surface area contributed by atoms with Gasteiger partial charge < -0.3 is 14.5 Å². The van der Waals surface area contributed by atoms with Crippen LogP contribution in [0.1, 0.15) is 28.2 Å². The van der Waals surface area contributed by atoms with Crippen molar-refractivity contribution in [1.29, 1.82) is 0 Å². The molecule has 0 saturated carbocycles. The van der Waals surface area contributed by atoms with Gasteiger partial charge in [0.05, 0.1) is 6.33 Å². The molecule has 2 heterocycles. The zero-order valence-corrected chi connectivity index (χ0v) is 13.7. The van der Waals surface area contributed by atoms with Crippen molar-refractivity contribution in [3.63, 3.8) is 0 Å². The van der Waals surface area contributed by atoms with E-state index in [1.165, 1.54) is 0 Å². The summed E-state index contributed by atoms with van der Waals surface area (Å²) in [5, 5.41) is 2.95. The largest absolute Gasteiger partial charge is 0.352 e. The number of rotatable bonds is 7. The maximum absolute atomic E-state index is 12.1. The smallest absolute Gasteiger partial charge is 0.251 e. The van der Waals surface area contributed by atoms with Gasteiger partial charge in [0, 0.05) is 50.0 Å².